The van der Waals surface area contributed by atoms with Gasteiger partial charge in [-0.15, -0.1) is 0 Å². The van der Waals surface area contributed by atoms with Gasteiger partial charge in [0.25, 0.3) is 10.0 Å². The maximum atomic E-state index is 12.6. The van der Waals surface area contributed by atoms with Gasteiger partial charge in [0.05, 0.1) is 5.92 Å². The highest BCUT2D eigenvalue weighted by Crippen LogP contribution is 2.28. The van der Waals surface area contributed by atoms with Crippen molar-refractivity contribution in [3.8, 4) is 0 Å². The van der Waals surface area contributed by atoms with E-state index in [2.05, 4.69) is 4.98 Å². The van der Waals surface area contributed by atoms with Crippen LogP contribution in [0.25, 0.3) is 0 Å². The minimum Gasteiger partial charge on any atom is -0.481 e. The number of sulfonamides is 1. The summed E-state index contributed by atoms with van der Waals surface area (Å²) in [6.07, 6.45) is 2.42. The molecule has 0 aliphatic carbocycles. The average molecular weight is 315 g/mol. The van der Waals surface area contributed by atoms with E-state index in [1.54, 1.807) is 18.4 Å². The lowest BCUT2D eigenvalue weighted by Crippen LogP contribution is -2.30. The molecule has 1 N–H and O–H groups in total. The van der Waals surface area contributed by atoms with Crippen LogP contribution in [0.2, 0.25) is 0 Å². The van der Waals surface area contributed by atoms with Crippen molar-refractivity contribution in [2.75, 3.05) is 13.1 Å². The van der Waals surface area contributed by atoms with E-state index in [0.717, 1.165) is 6.42 Å². The van der Waals surface area contributed by atoms with Gasteiger partial charge in [0, 0.05) is 25.8 Å². The third-order valence-corrected chi connectivity index (χ3v) is 5.62. The topological polar surface area (TPSA) is 92.5 Å². The molecule has 0 saturated carbocycles. The summed E-state index contributed by atoms with van der Waals surface area (Å²) in [5, 5.41) is 9.12. The highest BCUT2D eigenvalue weighted by Gasteiger charge is 2.41. The van der Waals surface area contributed by atoms with Crippen molar-refractivity contribution in [3.63, 3.8) is 0 Å². The number of aryl methyl sites for hydroxylation is 2. The summed E-state index contributed by atoms with van der Waals surface area (Å²) in [5.74, 6) is -1.15. The zero-order valence-electron chi connectivity index (χ0n) is 12.5. The fraction of sp³-hybridized carbons (Fsp3) is 0.692. The SMILES string of the molecule is CCCn1cc(S(=O)(=O)N2CC(C)C(C(=O)O)C2)nc1C. The second-order valence-corrected chi connectivity index (χ2v) is 7.45. The van der Waals surface area contributed by atoms with Crippen LogP contribution in [0.4, 0.5) is 0 Å². The van der Waals surface area contributed by atoms with E-state index in [9.17, 15) is 13.2 Å². The Bertz CT molecular complexity index is 638. The number of rotatable bonds is 5. The zero-order chi connectivity index (χ0) is 15.8. The van der Waals surface area contributed by atoms with Crippen LogP contribution in [-0.2, 0) is 21.4 Å². The Morgan fingerprint density at radius 2 is 2.14 bits per heavy atom. The molecule has 0 aromatic carbocycles. The monoisotopic (exact) mass is 315 g/mol. The molecule has 7 nitrogen and oxygen atoms in total. The number of carbonyl (C=O) groups is 1. The Morgan fingerprint density at radius 1 is 1.48 bits per heavy atom. The maximum Gasteiger partial charge on any atom is 0.308 e. The number of hydrogen-bond donors (Lipinski definition) is 1. The Morgan fingerprint density at radius 3 is 2.67 bits per heavy atom. The first-order valence-electron chi connectivity index (χ1n) is 7.04. The Hall–Kier alpha value is -1.41. The molecule has 1 fully saturated rings. The van der Waals surface area contributed by atoms with Crippen molar-refractivity contribution in [2.24, 2.45) is 11.8 Å². The van der Waals surface area contributed by atoms with Crippen LogP contribution < -0.4 is 0 Å². The van der Waals surface area contributed by atoms with Crippen LogP contribution in [0.1, 0.15) is 26.1 Å². The molecule has 118 valence electrons. The molecule has 0 radical (unpaired) electrons. The summed E-state index contributed by atoms with van der Waals surface area (Å²) in [6.45, 7) is 6.48. The zero-order valence-corrected chi connectivity index (χ0v) is 13.3. The van der Waals surface area contributed by atoms with Crippen molar-refractivity contribution in [1.82, 2.24) is 13.9 Å². The van der Waals surface area contributed by atoms with E-state index < -0.39 is 21.9 Å². The van der Waals surface area contributed by atoms with Gasteiger partial charge in [0.15, 0.2) is 5.03 Å². The highest BCUT2D eigenvalue weighted by molar-refractivity contribution is 7.89. The maximum absolute atomic E-state index is 12.6. The summed E-state index contributed by atoms with van der Waals surface area (Å²) >= 11 is 0. The lowest BCUT2D eigenvalue weighted by atomic mass is 9.99. The van der Waals surface area contributed by atoms with Gasteiger partial charge in [0.1, 0.15) is 5.82 Å². The molecule has 1 aliphatic heterocycles. The van der Waals surface area contributed by atoms with Gasteiger partial charge in [-0.05, 0) is 19.3 Å². The highest BCUT2D eigenvalue weighted by atomic mass is 32.2. The van der Waals surface area contributed by atoms with Crippen LogP contribution in [0, 0.1) is 18.8 Å². The summed E-state index contributed by atoms with van der Waals surface area (Å²) < 4.78 is 28.2. The predicted octanol–water partition coefficient (Wildman–Crippen LogP) is 0.943. The van der Waals surface area contributed by atoms with Crippen molar-refractivity contribution in [3.05, 3.63) is 12.0 Å². The van der Waals surface area contributed by atoms with Crippen LogP contribution in [0.3, 0.4) is 0 Å². The number of imidazole rings is 1. The standard InChI is InChI=1S/C13H21N3O4S/c1-4-5-15-8-12(14-10(15)3)21(19,20)16-6-9(2)11(7-16)13(17)18/h8-9,11H,4-7H2,1-3H3,(H,17,18). The van der Waals surface area contributed by atoms with Crippen molar-refractivity contribution < 1.29 is 18.3 Å². The molecule has 0 amide bonds. The van der Waals surface area contributed by atoms with Crippen molar-refractivity contribution in [1.29, 1.82) is 0 Å². The van der Waals surface area contributed by atoms with E-state index in [-0.39, 0.29) is 24.0 Å². The normalized spacial score (nSPS) is 23.6. The van der Waals surface area contributed by atoms with Crippen LogP contribution in [-0.4, -0.2) is 46.4 Å². The van der Waals surface area contributed by atoms with Crippen molar-refractivity contribution in [2.45, 2.75) is 38.8 Å². The van der Waals surface area contributed by atoms with E-state index in [1.807, 2.05) is 6.92 Å². The predicted molar refractivity (Wildman–Crippen MR) is 76.3 cm³/mol. The third-order valence-electron chi connectivity index (χ3n) is 3.92. The van der Waals surface area contributed by atoms with Gasteiger partial charge in [-0.1, -0.05) is 13.8 Å². The third kappa shape index (κ3) is 2.96. The second-order valence-electron chi connectivity index (χ2n) is 5.56. The van der Waals surface area contributed by atoms with Gasteiger partial charge < -0.3 is 9.67 Å². The number of carboxylic acids is 1. The molecule has 21 heavy (non-hydrogen) atoms. The average Bonchev–Trinajstić information content (AvgIpc) is 2.95. The molecule has 2 atom stereocenters. The number of aliphatic carboxylic acids is 1. The molecule has 0 bridgehead atoms. The first kappa shape index (κ1) is 16.0. The van der Waals surface area contributed by atoms with Gasteiger partial charge in [-0.3, -0.25) is 4.79 Å². The van der Waals surface area contributed by atoms with Gasteiger partial charge >= 0.3 is 5.97 Å². The molecule has 2 unspecified atom stereocenters. The lowest BCUT2D eigenvalue weighted by molar-refractivity contribution is -0.142. The smallest absolute Gasteiger partial charge is 0.308 e. The Balaban J connectivity index is 2.27. The molecule has 2 rings (SSSR count). The Kier molecular flexibility index (Phi) is 4.38. The summed E-state index contributed by atoms with van der Waals surface area (Å²) in [7, 11) is -3.72. The fourth-order valence-corrected chi connectivity index (χ4v) is 4.20. The lowest BCUT2D eigenvalue weighted by Gasteiger charge is -2.13. The molecule has 2 heterocycles. The molecule has 1 saturated heterocycles. The van der Waals surface area contributed by atoms with Gasteiger partial charge in [0.2, 0.25) is 0 Å². The van der Waals surface area contributed by atoms with E-state index in [1.165, 1.54) is 10.5 Å². The van der Waals surface area contributed by atoms with Crippen LogP contribution in [0.5, 0.6) is 0 Å². The molecule has 0 spiro atoms. The number of hydrogen-bond acceptors (Lipinski definition) is 4. The Labute approximate surface area is 124 Å². The molecule has 1 aromatic rings. The number of aromatic nitrogens is 2. The van der Waals surface area contributed by atoms with E-state index in [4.69, 9.17) is 5.11 Å². The van der Waals surface area contributed by atoms with Crippen LogP contribution >= 0.6 is 0 Å². The number of nitrogens with zero attached hydrogens (tertiary/aromatic N) is 3. The van der Waals surface area contributed by atoms with Gasteiger partial charge in [-0.2, -0.15) is 4.31 Å². The molecule has 1 aliphatic rings. The van der Waals surface area contributed by atoms with E-state index in [0.29, 0.717) is 12.4 Å². The quantitative estimate of drug-likeness (QED) is 0.873. The number of carboxylic acid groups (broad SMARTS) is 1. The second kappa shape index (κ2) is 5.76. The summed E-state index contributed by atoms with van der Waals surface area (Å²) in [6, 6.07) is 0. The van der Waals surface area contributed by atoms with E-state index >= 15 is 0 Å². The summed E-state index contributed by atoms with van der Waals surface area (Å²) in [4.78, 5) is 15.2. The van der Waals surface area contributed by atoms with Crippen molar-refractivity contribution >= 4 is 16.0 Å². The fourth-order valence-electron chi connectivity index (χ4n) is 2.64. The van der Waals surface area contributed by atoms with Crippen LogP contribution in [0.15, 0.2) is 11.2 Å². The minimum absolute atomic E-state index is 0.00619. The molecule has 1 aromatic heterocycles. The molecule has 8 heteroatoms. The van der Waals surface area contributed by atoms with Gasteiger partial charge in [-0.25, -0.2) is 13.4 Å². The molecular formula is C13H21N3O4S. The summed E-state index contributed by atoms with van der Waals surface area (Å²) in [5.41, 5.74) is 0. The first-order chi connectivity index (χ1) is 9.77. The molecular weight excluding hydrogens is 294 g/mol. The largest absolute Gasteiger partial charge is 0.481 e. The minimum atomic E-state index is -3.72. The first-order valence-corrected chi connectivity index (χ1v) is 8.48.